The van der Waals surface area contributed by atoms with E-state index in [9.17, 15) is 4.39 Å². The second kappa shape index (κ2) is 8.73. The predicted molar refractivity (Wildman–Crippen MR) is 131 cm³/mol. The van der Waals surface area contributed by atoms with Gasteiger partial charge in [-0.25, -0.2) is 8.91 Å². The third kappa shape index (κ3) is 3.93. The van der Waals surface area contributed by atoms with Gasteiger partial charge >= 0.3 is 0 Å². The molecule has 2 unspecified atom stereocenters. The molecule has 1 aliphatic carbocycles. The van der Waals surface area contributed by atoms with Gasteiger partial charge in [0.25, 0.3) is 0 Å². The lowest BCUT2D eigenvalue weighted by Gasteiger charge is -2.39. The van der Waals surface area contributed by atoms with E-state index in [2.05, 4.69) is 49.7 Å². The molecule has 5 rings (SSSR count). The van der Waals surface area contributed by atoms with Crippen LogP contribution in [0.5, 0.6) is 5.75 Å². The lowest BCUT2D eigenvalue weighted by atomic mass is 10.0. The average molecular weight is 453 g/mol. The van der Waals surface area contributed by atoms with E-state index in [4.69, 9.17) is 14.6 Å². The number of aromatic nitrogens is 2. The molecule has 0 spiro atoms. The Labute approximate surface area is 195 Å². The van der Waals surface area contributed by atoms with Crippen molar-refractivity contribution in [2.75, 3.05) is 33.7 Å². The first kappa shape index (κ1) is 22.4. The number of alkyl halides is 1. The number of halogens is 1. The Morgan fingerprint density at radius 2 is 2.03 bits per heavy atom. The molecule has 3 aromatic rings. The van der Waals surface area contributed by atoms with Crippen LogP contribution in [-0.4, -0.2) is 49.3 Å². The van der Waals surface area contributed by atoms with Crippen LogP contribution in [-0.2, 0) is 11.2 Å². The Morgan fingerprint density at radius 3 is 2.70 bits per heavy atom. The number of benzene rings is 1. The van der Waals surface area contributed by atoms with E-state index in [0.29, 0.717) is 11.8 Å². The van der Waals surface area contributed by atoms with E-state index >= 15 is 0 Å². The van der Waals surface area contributed by atoms with E-state index in [1.54, 1.807) is 0 Å². The van der Waals surface area contributed by atoms with Crippen molar-refractivity contribution in [1.82, 2.24) is 14.1 Å². The molecule has 2 aromatic heterocycles. The van der Waals surface area contributed by atoms with Gasteiger partial charge in [-0.05, 0) is 62.4 Å². The summed E-state index contributed by atoms with van der Waals surface area (Å²) in [5.74, 6) is 1.35. The summed E-state index contributed by atoms with van der Waals surface area (Å²) in [5, 5.41) is 5.15. The van der Waals surface area contributed by atoms with Crippen molar-refractivity contribution in [2.45, 2.75) is 52.5 Å². The molecule has 1 saturated carbocycles. The molecular formula is C27H35FN3O2+. The molecular weight excluding hydrogens is 417 g/mol. The highest BCUT2D eigenvalue weighted by Gasteiger charge is 2.45. The fraction of sp³-hybridized carbons (Fsp3) is 0.519. The summed E-state index contributed by atoms with van der Waals surface area (Å²) in [7, 11) is 2.38. The van der Waals surface area contributed by atoms with Crippen molar-refractivity contribution in [3.05, 3.63) is 47.2 Å². The smallest absolute Gasteiger partial charge is 0.228 e. The molecule has 1 aromatic carbocycles. The van der Waals surface area contributed by atoms with Crippen LogP contribution in [0.15, 0.2) is 30.3 Å². The second-order valence-corrected chi connectivity index (χ2v) is 9.98. The number of hydrogen-bond donors (Lipinski definition) is 0. The summed E-state index contributed by atoms with van der Waals surface area (Å²) in [6, 6.07) is 10.8. The van der Waals surface area contributed by atoms with Crippen molar-refractivity contribution < 1.29 is 13.9 Å². The fourth-order valence-corrected chi connectivity index (χ4v) is 5.75. The van der Waals surface area contributed by atoms with E-state index < -0.39 is 6.86 Å². The van der Waals surface area contributed by atoms with Crippen molar-refractivity contribution >= 4 is 11.2 Å². The first-order valence-corrected chi connectivity index (χ1v) is 12.2. The van der Waals surface area contributed by atoms with E-state index in [-0.39, 0.29) is 0 Å². The highest BCUT2D eigenvalue weighted by atomic mass is 19.1. The molecule has 0 N–H and O–H groups in total. The summed E-state index contributed by atoms with van der Waals surface area (Å²) in [6.07, 6.45) is 4.58. The highest BCUT2D eigenvalue weighted by molar-refractivity contribution is 5.80. The van der Waals surface area contributed by atoms with Crippen LogP contribution in [0.1, 0.15) is 43.0 Å². The number of fused-ring (bicyclic) bond motifs is 1. The Hall–Kier alpha value is -2.44. The van der Waals surface area contributed by atoms with Crippen LogP contribution in [0.2, 0.25) is 0 Å². The lowest BCUT2D eigenvalue weighted by molar-refractivity contribution is 0.158. The summed E-state index contributed by atoms with van der Waals surface area (Å²) in [6.45, 7) is 8.17. The van der Waals surface area contributed by atoms with Crippen LogP contribution < -0.4 is 9.22 Å². The summed E-state index contributed by atoms with van der Waals surface area (Å²) < 4.78 is 27.5. The van der Waals surface area contributed by atoms with Gasteiger partial charge in [0.05, 0.1) is 32.5 Å². The molecule has 3 heterocycles. The average Bonchev–Trinajstić information content (AvgIpc) is 3.27. The van der Waals surface area contributed by atoms with Crippen LogP contribution in [0.3, 0.4) is 0 Å². The van der Waals surface area contributed by atoms with E-state index in [1.165, 1.54) is 18.5 Å². The van der Waals surface area contributed by atoms with E-state index in [1.807, 2.05) is 13.0 Å². The van der Waals surface area contributed by atoms with Gasteiger partial charge in [-0.3, -0.25) is 4.48 Å². The monoisotopic (exact) mass is 452 g/mol. The number of pyridine rings is 1. The zero-order chi connectivity index (χ0) is 23.2. The largest absolute Gasteiger partial charge is 0.462 e. The van der Waals surface area contributed by atoms with Crippen LogP contribution in [0.25, 0.3) is 16.8 Å². The maximum absolute atomic E-state index is 13.3. The third-order valence-electron chi connectivity index (χ3n) is 7.50. The first-order valence-electron chi connectivity index (χ1n) is 12.2. The molecule has 0 bridgehead atoms. The molecule has 0 radical (unpaired) electrons. The first-order chi connectivity index (χ1) is 16.0. The van der Waals surface area contributed by atoms with Crippen LogP contribution in [0, 0.1) is 19.8 Å². The summed E-state index contributed by atoms with van der Waals surface area (Å²) in [5.41, 5.74) is 7.54. The van der Waals surface area contributed by atoms with Gasteiger partial charge < -0.3 is 9.47 Å². The number of likely N-dealkylation sites (N-methyl/N-ethyl adjacent to an activating group) is 1. The number of quaternary nitrogens is 1. The molecule has 33 heavy (non-hydrogen) atoms. The molecule has 176 valence electrons. The van der Waals surface area contributed by atoms with Crippen molar-refractivity contribution in [2.24, 2.45) is 5.92 Å². The molecule has 1 saturated heterocycles. The number of nitrogens with zero attached hydrogens (tertiary/aromatic N) is 3. The Morgan fingerprint density at radius 1 is 1.21 bits per heavy atom. The van der Waals surface area contributed by atoms with Gasteiger partial charge in [0.2, 0.25) is 6.86 Å². The SMILES string of the molecule is CCc1nn2c(-c3c(C)cc(C)cc3OCF)cccc2c1[N+](C)(CC1CC1)C1CCOC1. The summed E-state index contributed by atoms with van der Waals surface area (Å²) >= 11 is 0. The predicted octanol–water partition coefficient (Wildman–Crippen LogP) is 5.62. The zero-order valence-corrected chi connectivity index (χ0v) is 20.2. The van der Waals surface area contributed by atoms with Gasteiger partial charge in [0.15, 0.2) is 5.69 Å². The topological polar surface area (TPSA) is 35.8 Å². The third-order valence-corrected chi connectivity index (χ3v) is 7.50. The van der Waals surface area contributed by atoms with Crippen LogP contribution >= 0.6 is 0 Å². The van der Waals surface area contributed by atoms with Gasteiger partial charge in [-0.2, -0.15) is 5.10 Å². The molecule has 6 heteroatoms. The minimum atomic E-state index is -0.853. The maximum atomic E-state index is 13.3. The van der Waals surface area contributed by atoms with Gasteiger partial charge in [0.1, 0.15) is 23.0 Å². The maximum Gasteiger partial charge on any atom is 0.228 e. The van der Waals surface area contributed by atoms with Gasteiger partial charge in [0, 0.05) is 17.9 Å². The summed E-state index contributed by atoms with van der Waals surface area (Å²) in [4.78, 5) is 0. The molecule has 1 aliphatic heterocycles. The highest BCUT2D eigenvalue weighted by Crippen LogP contribution is 2.43. The zero-order valence-electron chi connectivity index (χ0n) is 20.2. The van der Waals surface area contributed by atoms with Gasteiger partial charge in [-0.15, -0.1) is 0 Å². The Bertz CT molecular complexity index is 1160. The van der Waals surface area contributed by atoms with Crippen molar-refractivity contribution in [3.8, 4) is 17.0 Å². The Balaban J connectivity index is 1.73. The second-order valence-electron chi connectivity index (χ2n) is 9.98. The molecule has 2 fully saturated rings. The number of rotatable bonds is 8. The number of ether oxygens (including phenoxy) is 2. The molecule has 5 nitrogen and oxygen atoms in total. The number of hydrogen-bond acceptors (Lipinski definition) is 3. The van der Waals surface area contributed by atoms with E-state index in [0.717, 1.165) is 76.6 Å². The quantitative estimate of drug-likeness (QED) is 0.416. The van der Waals surface area contributed by atoms with Gasteiger partial charge in [-0.1, -0.05) is 19.1 Å². The minimum absolute atomic E-state index is 0.444. The number of aryl methyl sites for hydroxylation is 3. The fourth-order valence-electron chi connectivity index (χ4n) is 5.75. The van der Waals surface area contributed by atoms with Crippen molar-refractivity contribution in [3.63, 3.8) is 0 Å². The molecule has 2 aliphatic rings. The molecule has 2 atom stereocenters. The van der Waals surface area contributed by atoms with Crippen molar-refractivity contribution in [1.29, 1.82) is 0 Å². The lowest BCUT2D eigenvalue weighted by Crippen LogP contribution is -2.55. The molecule has 0 amide bonds. The Kier molecular flexibility index (Phi) is 5.91. The van der Waals surface area contributed by atoms with Crippen LogP contribution in [0.4, 0.5) is 10.1 Å². The normalized spacial score (nSPS) is 20.3. The standard InChI is InChI=1S/C27H35FN3O2/c1-5-22-27(31(4,15-20-9-10-20)21-11-12-32-16-21)24-8-6-7-23(30(24)29-22)26-19(3)13-18(2)14-25(26)33-17-28/h6-8,13-14,20-21H,5,9-12,15-17H2,1-4H3/q+1. The minimum Gasteiger partial charge on any atom is -0.462 e.